The maximum absolute atomic E-state index is 14.1. The number of hydrogen-bond acceptors (Lipinski definition) is 6. The zero-order valence-electron chi connectivity index (χ0n) is 20.8. The molecule has 0 N–H and O–H groups in total. The van der Waals surface area contributed by atoms with Crippen LogP contribution < -0.4 is 14.2 Å². The number of para-hydroxylation sites is 1. The first-order chi connectivity index (χ1) is 17.8. The van der Waals surface area contributed by atoms with E-state index in [1.165, 1.54) is 30.0 Å². The predicted molar refractivity (Wildman–Crippen MR) is 127 cm³/mol. The van der Waals surface area contributed by atoms with Gasteiger partial charge in [-0.15, -0.1) is 0 Å². The van der Waals surface area contributed by atoms with E-state index >= 15 is 0 Å². The van der Waals surface area contributed by atoms with Gasteiger partial charge in [-0.05, 0) is 55.9 Å². The number of amides is 1. The fraction of sp³-hybridized carbons (Fsp3) is 0.481. The third-order valence-electron chi connectivity index (χ3n) is 6.51. The van der Waals surface area contributed by atoms with Crippen LogP contribution in [0.25, 0.3) is 0 Å². The molecule has 0 spiro atoms. The van der Waals surface area contributed by atoms with E-state index in [1.807, 2.05) is 0 Å². The van der Waals surface area contributed by atoms with Crippen molar-refractivity contribution in [2.75, 3.05) is 19.8 Å². The minimum Gasteiger partial charge on any atom is -0.490 e. The third kappa shape index (κ3) is 6.67. The monoisotopic (exact) mass is 521 g/mol. The average Bonchev–Trinajstić information content (AvgIpc) is 3.58. The molecule has 2 fully saturated rings. The molecule has 1 aliphatic heterocycles. The molecule has 37 heavy (non-hydrogen) atoms. The van der Waals surface area contributed by atoms with E-state index in [9.17, 15) is 22.8 Å². The Morgan fingerprint density at radius 2 is 1.89 bits per heavy atom. The SMILES string of the molecule is CCOc1c(F)cccc1COC(=O)C1CC(c2ccc(OC(F)F)c(OCC3CC3)c2)CN1C(C)=O. The molecule has 2 aromatic rings. The van der Waals surface area contributed by atoms with Crippen LogP contribution in [-0.4, -0.2) is 49.2 Å². The Labute approximate surface area is 213 Å². The molecule has 1 amide bonds. The Bertz CT molecular complexity index is 1120. The highest BCUT2D eigenvalue weighted by molar-refractivity contribution is 5.84. The van der Waals surface area contributed by atoms with Gasteiger partial charge in [0.25, 0.3) is 0 Å². The molecule has 4 rings (SSSR count). The highest BCUT2D eigenvalue weighted by atomic mass is 19.3. The van der Waals surface area contributed by atoms with Crippen LogP contribution in [-0.2, 0) is 20.9 Å². The second kappa shape index (κ2) is 11.7. The van der Waals surface area contributed by atoms with Gasteiger partial charge in [-0.3, -0.25) is 4.79 Å². The predicted octanol–water partition coefficient (Wildman–Crippen LogP) is 5.06. The maximum atomic E-state index is 14.1. The number of likely N-dealkylation sites (tertiary alicyclic amines) is 1. The van der Waals surface area contributed by atoms with Crippen LogP contribution >= 0.6 is 0 Å². The van der Waals surface area contributed by atoms with E-state index < -0.39 is 24.4 Å². The molecule has 10 heteroatoms. The van der Waals surface area contributed by atoms with E-state index in [2.05, 4.69) is 4.74 Å². The molecule has 1 saturated carbocycles. The normalized spacial score (nSPS) is 19.1. The van der Waals surface area contributed by atoms with E-state index in [4.69, 9.17) is 14.2 Å². The van der Waals surface area contributed by atoms with E-state index in [0.717, 1.165) is 18.4 Å². The van der Waals surface area contributed by atoms with Crippen molar-refractivity contribution in [3.63, 3.8) is 0 Å². The molecule has 2 aromatic carbocycles. The number of ether oxygens (including phenoxy) is 4. The van der Waals surface area contributed by atoms with Crippen LogP contribution in [0, 0.1) is 11.7 Å². The van der Waals surface area contributed by atoms with Gasteiger partial charge < -0.3 is 23.8 Å². The van der Waals surface area contributed by atoms with Crippen LogP contribution in [0.1, 0.15) is 50.2 Å². The number of carbonyl (C=O) groups excluding carboxylic acids is 2. The lowest BCUT2D eigenvalue weighted by Crippen LogP contribution is -2.40. The summed E-state index contributed by atoms with van der Waals surface area (Å²) in [4.78, 5) is 26.8. The number of hydrogen-bond donors (Lipinski definition) is 0. The van der Waals surface area contributed by atoms with Crippen molar-refractivity contribution in [2.45, 2.75) is 58.3 Å². The number of esters is 1. The Morgan fingerprint density at radius 1 is 1.11 bits per heavy atom. The Morgan fingerprint density at radius 3 is 2.57 bits per heavy atom. The minimum absolute atomic E-state index is 0.0235. The van der Waals surface area contributed by atoms with Gasteiger partial charge in [-0.25, -0.2) is 9.18 Å². The molecule has 0 bridgehead atoms. The van der Waals surface area contributed by atoms with E-state index in [1.54, 1.807) is 25.1 Å². The summed E-state index contributed by atoms with van der Waals surface area (Å²) in [5.41, 5.74) is 1.11. The van der Waals surface area contributed by atoms with Gasteiger partial charge >= 0.3 is 12.6 Å². The Balaban J connectivity index is 1.48. The molecule has 1 aliphatic carbocycles. The zero-order valence-corrected chi connectivity index (χ0v) is 20.8. The lowest BCUT2D eigenvalue weighted by molar-refractivity contribution is -0.154. The third-order valence-corrected chi connectivity index (χ3v) is 6.51. The Kier molecular flexibility index (Phi) is 8.45. The van der Waals surface area contributed by atoms with Crippen LogP contribution in [0.3, 0.4) is 0 Å². The van der Waals surface area contributed by atoms with Crippen molar-refractivity contribution < 1.29 is 41.7 Å². The molecular weight excluding hydrogens is 491 g/mol. The number of alkyl halides is 2. The molecule has 1 heterocycles. The van der Waals surface area contributed by atoms with Gasteiger partial charge in [0, 0.05) is 24.9 Å². The molecule has 200 valence electrons. The summed E-state index contributed by atoms with van der Waals surface area (Å²) in [5.74, 6) is -1.14. The first-order valence-electron chi connectivity index (χ1n) is 12.3. The second-order valence-corrected chi connectivity index (χ2v) is 9.23. The molecule has 2 aliphatic rings. The summed E-state index contributed by atoms with van der Waals surface area (Å²) in [7, 11) is 0. The van der Waals surface area contributed by atoms with Gasteiger partial charge in [-0.2, -0.15) is 8.78 Å². The first kappa shape index (κ1) is 26.6. The van der Waals surface area contributed by atoms with Crippen LogP contribution in [0.15, 0.2) is 36.4 Å². The van der Waals surface area contributed by atoms with Crippen molar-refractivity contribution in [3.05, 3.63) is 53.3 Å². The smallest absolute Gasteiger partial charge is 0.387 e. The quantitative estimate of drug-likeness (QED) is 0.385. The zero-order chi connectivity index (χ0) is 26.5. The van der Waals surface area contributed by atoms with Crippen molar-refractivity contribution >= 4 is 11.9 Å². The molecule has 0 radical (unpaired) electrons. The second-order valence-electron chi connectivity index (χ2n) is 9.23. The van der Waals surface area contributed by atoms with Crippen LogP contribution in [0.5, 0.6) is 17.2 Å². The molecular formula is C27H30F3NO6. The average molecular weight is 522 g/mol. The van der Waals surface area contributed by atoms with Crippen LogP contribution in [0.4, 0.5) is 13.2 Å². The molecule has 0 aromatic heterocycles. The van der Waals surface area contributed by atoms with Gasteiger partial charge in [0.2, 0.25) is 5.91 Å². The topological polar surface area (TPSA) is 74.3 Å². The van der Waals surface area contributed by atoms with Gasteiger partial charge in [0.05, 0.1) is 13.2 Å². The number of rotatable bonds is 11. The number of nitrogens with zero attached hydrogens (tertiary/aromatic N) is 1. The fourth-order valence-corrected chi connectivity index (χ4v) is 4.44. The van der Waals surface area contributed by atoms with Crippen molar-refractivity contribution in [1.82, 2.24) is 4.90 Å². The van der Waals surface area contributed by atoms with Gasteiger partial charge in [-0.1, -0.05) is 18.2 Å². The molecule has 1 saturated heterocycles. The summed E-state index contributed by atoms with van der Waals surface area (Å²) in [5, 5.41) is 0. The van der Waals surface area contributed by atoms with Crippen molar-refractivity contribution in [3.8, 4) is 17.2 Å². The van der Waals surface area contributed by atoms with Crippen LogP contribution in [0.2, 0.25) is 0 Å². The van der Waals surface area contributed by atoms with Crippen molar-refractivity contribution in [2.24, 2.45) is 5.92 Å². The van der Waals surface area contributed by atoms with Gasteiger partial charge in [0.15, 0.2) is 23.1 Å². The summed E-state index contributed by atoms with van der Waals surface area (Å²) in [6, 6.07) is 8.21. The minimum atomic E-state index is -2.99. The summed E-state index contributed by atoms with van der Waals surface area (Å²) >= 11 is 0. The van der Waals surface area contributed by atoms with Crippen molar-refractivity contribution in [1.29, 1.82) is 0 Å². The summed E-state index contributed by atoms with van der Waals surface area (Å²) < 4.78 is 61.1. The molecule has 2 unspecified atom stereocenters. The summed E-state index contributed by atoms with van der Waals surface area (Å²) in [6.45, 7) is 0.791. The largest absolute Gasteiger partial charge is 0.490 e. The first-order valence-corrected chi connectivity index (χ1v) is 12.3. The number of halogens is 3. The Hall–Kier alpha value is -3.43. The van der Waals surface area contributed by atoms with Gasteiger partial charge in [0.1, 0.15) is 12.6 Å². The highest BCUT2D eigenvalue weighted by Crippen LogP contribution is 2.39. The number of benzene rings is 2. The fourth-order valence-electron chi connectivity index (χ4n) is 4.44. The standard InChI is InChI=1S/C27H30F3NO6/c1-3-34-25-19(5-4-6-21(25)28)15-36-26(33)22-11-20(13-31(22)16(2)32)18-9-10-23(37-27(29)30)24(12-18)35-14-17-7-8-17/h4-6,9-10,12,17,20,22,27H,3,7-8,11,13-15H2,1-2H3. The number of carbonyl (C=O) groups is 2. The molecule has 7 nitrogen and oxygen atoms in total. The lowest BCUT2D eigenvalue weighted by atomic mass is 9.96. The summed E-state index contributed by atoms with van der Waals surface area (Å²) in [6.07, 6.45) is 2.34. The lowest BCUT2D eigenvalue weighted by Gasteiger charge is -2.22. The van der Waals surface area contributed by atoms with E-state index in [-0.39, 0.29) is 55.3 Å². The maximum Gasteiger partial charge on any atom is 0.387 e. The molecule has 2 atom stereocenters. The van der Waals surface area contributed by atoms with E-state index in [0.29, 0.717) is 18.1 Å². The highest BCUT2D eigenvalue weighted by Gasteiger charge is 2.40.